The summed E-state index contributed by atoms with van der Waals surface area (Å²) in [4.78, 5) is 15.7. The van der Waals surface area contributed by atoms with E-state index >= 15 is 0 Å². The fourth-order valence-electron chi connectivity index (χ4n) is 1.38. The minimum Gasteiger partial charge on any atom is -0.322 e. The maximum atomic E-state index is 11.9. The summed E-state index contributed by atoms with van der Waals surface area (Å²) in [6.45, 7) is 0. The Morgan fingerprint density at radius 1 is 1.28 bits per heavy atom. The van der Waals surface area contributed by atoms with E-state index in [0.29, 0.717) is 22.0 Å². The van der Waals surface area contributed by atoms with Crippen molar-refractivity contribution in [1.29, 1.82) is 5.26 Å². The summed E-state index contributed by atoms with van der Waals surface area (Å²) in [6, 6.07) is 11.6. The maximum absolute atomic E-state index is 11.9. The average Bonchev–Trinajstić information content (AvgIpc) is 2.39. The number of nitrogens with one attached hydrogen (secondary N) is 1. The molecule has 18 heavy (non-hydrogen) atoms. The summed E-state index contributed by atoms with van der Waals surface area (Å²) >= 11 is 5.72. The second-order valence-corrected chi connectivity index (χ2v) is 3.90. The molecule has 2 rings (SSSR count). The molecular formula is C13H8ClN3O. The number of aromatic nitrogens is 1. The molecule has 88 valence electrons. The van der Waals surface area contributed by atoms with Gasteiger partial charge in [0.25, 0.3) is 5.91 Å². The van der Waals surface area contributed by atoms with Crippen LogP contribution in [-0.4, -0.2) is 10.9 Å². The Morgan fingerprint density at radius 2 is 2.00 bits per heavy atom. The number of benzene rings is 1. The Morgan fingerprint density at radius 3 is 2.61 bits per heavy atom. The standard InChI is InChI=1S/C13H8ClN3O/c14-12-7-11(5-6-16-12)17-13(18)10-3-1-9(8-15)2-4-10/h1-7H,(H,16,17,18). The number of pyridine rings is 1. The SMILES string of the molecule is N#Cc1ccc(C(=O)Nc2ccnc(Cl)c2)cc1. The van der Waals surface area contributed by atoms with E-state index in [-0.39, 0.29) is 5.91 Å². The van der Waals surface area contributed by atoms with Crippen LogP contribution in [0.25, 0.3) is 0 Å². The van der Waals surface area contributed by atoms with Gasteiger partial charge in [-0.1, -0.05) is 11.6 Å². The zero-order valence-electron chi connectivity index (χ0n) is 9.22. The minimum absolute atomic E-state index is 0.262. The lowest BCUT2D eigenvalue weighted by atomic mass is 10.1. The number of anilines is 1. The van der Waals surface area contributed by atoms with Gasteiger partial charge in [-0.05, 0) is 36.4 Å². The predicted molar refractivity (Wildman–Crippen MR) is 68.4 cm³/mol. The zero-order chi connectivity index (χ0) is 13.0. The van der Waals surface area contributed by atoms with Crippen LogP contribution in [0.5, 0.6) is 0 Å². The molecule has 0 aliphatic rings. The lowest BCUT2D eigenvalue weighted by molar-refractivity contribution is 0.102. The number of nitrogens with zero attached hydrogens (tertiary/aromatic N) is 2. The van der Waals surface area contributed by atoms with E-state index in [2.05, 4.69) is 10.3 Å². The second-order valence-electron chi connectivity index (χ2n) is 3.51. The maximum Gasteiger partial charge on any atom is 0.255 e. The Bertz CT molecular complexity index is 617. The van der Waals surface area contributed by atoms with Crippen molar-refractivity contribution in [3.63, 3.8) is 0 Å². The first-order chi connectivity index (χ1) is 8.69. The van der Waals surface area contributed by atoms with E-state index in [1.807, 2.05) is 6.07 Å². The molecule has 1 N–H and O–H groups in total. The van der Waals surface area contributed by atoms with Crippen LogP contribution in [0.4, 0.5) is 5.69 Å². The number of carbonyl (C=O) groups is 1. The molecule has 0 aliphatic carbocycles. The summed E-state index contributed by atoms with van der Waals surface area (Å²) < 4.78 is 0. The van der Waals surface area contributed by atoms with Gasteiger partial charge in [-0.3, -0.25) is 4.79 Å². The summed E-state index contributed by atoms with van der Waals surface area (Å²) in [5.74, 6) is -0.262. The Hall–Kier alpha value is -2.38. The number of halogens is 1. The van der Waals surface area contributed by atoms with Crippen molar-refractivity contribution in [2.75, 3.05) is 5.32 Å². The fraction of sp³-hybridized carbons (Fsp3) is 0. The van der Waals surface area contributed by atoms with Crippen molar-refractivity contribution in [3.05, 3.63) is 58.9 Å². The van der Waals surface area contributed by atoms with Gasteiger partial charge in [0.1, 0.15) is 5.15 Å². The van der Waals surface area contributed by atoms with Gasteiger partial charge in [-0.25, -0.2) is 4.98 Å². The van der Waals surface area contributed by atoms with Gasteiger partial charge in [-0.15, -0.1) is 0 Å². The third-order valence-electron chi connectivity index (χ3n) is 2.26. The number of hydrogen-bond acceptors (Lipinski definition) is 3. The normalized spacial score (nSPS) is 9.56. The largest absolute Gasteiger partial charge is 0.322 e. The molecule has 1 aromatic carbocycles. The average molecular weight is 258 g/mol. The molecular weight excluding hydrogens is 250 g/mol. The zero-order valence-corrected chi connectivity index (χ0v) is 9.98. The molecule has 0 aliphatic heterocycles. The van der Waals surface area contributed by atoms with Gasteiger partial charge in [0.15, 0.2) is 0 Å². The summed E-state index contributed by atoms with van der Waals surface area (Å²) in [6.07, 6.45) is 1.51. The first-order valence-corrected chi connectivity index (χ1v) is 5.50. The smallest absolute Gasteiger partial charge is 0.255 e. The summed E-state index contributed by atoms with van der Waals surface area (Å²) in [7, 11) is 0. The van der Waals surface area contributed by atoms with E-state index in [1.165, 1.54) is 6.20 Å². The van der Waals surface area contributed by atoms with Crippen molar-refractivity contribution < 1.29 is 4.79 Å². The summed E-state index contributed by atoms with van der Waals surface area (Å²) in [5.41, 5.74) is 1.56. The Labute approximate surface area is 109 Å². The van der Waals surface area contributed by atoms with Crippen LogP contribution in [0.3, 0.4) is 0 Å². The third-order valence-corrected chi connectivity index (χ3v) is 2.47. The number of hydrogen-bond donors (Lipinski definition) is 1. The van der Waals surface area contributed by atoms with Gasteiger partial charge in [0, 0.05) is 17.4 Å². The van der Waals surface area contributed by atoms with Gasteiger partial charge < -0.3 is 5.32 Å². The lowest BCUT2D eigenvalue weighted by Gasteiger charge is -2.05. The van der Waals surface area contributed by atoms with E-state index < -0.39 is 0 Å². The molecule has 5 heteroatoms. The first kappa shape index (κ1) is 12.1. The second kappa shape index (κ2) is 5.30. The van der Waals surface area contributed by atoms with Crippen LogP contribution in [0, 0.1) is 11.3 Å². The van der Waals surface area contributed by atoms with Crippen LogP contribution >= 0.6 is 11.6 Å². The van der Waals surface area contributed by atoms with Crippen LogP contribution in [0.2, 0.25) is 5.15 Å². The van der Waals surface area contributed by atoms with Gasteiger partial charge in [0.05, 0.1) is 11.6 Å². The molecule has 0 spiro atoms. The van der Waals surface area contributed by atoms with E-state index in [0.717, 1.165) is 0 Å². The van der Waals surface area contributed by atoms with Crippen molar-refractivity contribution in [2.45, 2.75) is 0 Å². The molecule has 1 aromatic heterocycles. The minimum atomic E-state index is -0.262. The molecule has 0 radical (unpaired) electrons. The van der Waals surface area contributed by atoms with Crippen molar-refractivity contribution in [2.24, 2.45) is 0 Å². The molecule has 0 unspecified atom stereocenters. The highest BCUT2D eigenvalue weighted by Gasteiger charge is 2.06. The number of rotatable bonds is 2. The molecule has 0 fully saturated rings. The molecule has 4 nitrogen and oxygen atoms in total. The summed E-state index contributed by atoms with van der Waals surface area (Å²) in [5, 5.41) is 11.7. The van der Waals surface area contributed by atoms with E-state index in [9.17, 15) is 4.79 Å². The van der Waals surface area contributed by atoms with E-state index in [1.54, 1.807) is 36.4 Å². The number of carbonyl (C=O) groups excluding carboxylic acids is 1. The van der Waals surface area contributed by atoms with Crippen LogP contribution in [0.1, 0.15) is 15.9 Å². The van der Waals surface area contributed by atoms with Gasteiger partial charge >= 0.3 is 0 Å². The molecule has 1 heterocycles. The van der Waals surface area contributed by atoms with Crippen LogP contribution in [0.15, 0.2) is 42.6 Å². The lowest BCUT2D eigenvalue weighted by Crippen LogP contribution is -2.11. The van der Waals surface area contributed by atoms with Gasteiger partial charge in [-0.2, -0.15) is 5.26 Å². The molecule has 0 saturated carbocycles. The highest BCUT2D eigenvalue weighted by atomic mass is 35.5. The van der Waals surface area contributed by atoms with Crippen LogP contribution in [-0.2, 0) is 0 Å². The third kappa shape index (κ3) is 2.84. The quantitative estimate of drug-likeness (QED) is 0.842. The predicted octanol–water partition coefficient (Wildman–Crippen LogP) is 2.86. The molecule has 0 bridgehead atoms. The monoisotopic (exact) mass is 257 g/mol. The molecule has 0 atom stereocenters. The van der Waals surface area contributed by atoms with E-state index in [4.69, 9.17) is 16.9 Å². The number of amides is 1. The van der Waals surface area contributed by atoms with Crippen molar-refractivity contribution in [1.82, 2.24) is 4.98 Å². The highest BCUT2D eigenvalue weighted by Crippen LogP contribution is 2.13. The number of nitriles is 1. The fourth-order valence-corrected chi connectivity index (χ4v) is 1.55. The van der Waals surface area contributed by atoms with Crippen molar-refractivity contribution >= 4 is 23.2 Å². The van der Waals surface area contributed by atoms with Crippen molar-refractivity contribution in [3.8, 4) is 6.07 Å². The van der Waals surface area contributed by atoms with Gasteiger partial charge in [0.2, 0.25) is 0 Å². The van der Waals surface area contributed by atoms with Crippen LogP contribution < -0.4 is 5.32 Å². The molecule has 0 saturated heterocycles. The Kier molecular flexibility index (Phi) is 3.56. The highest BCUT2D eigenvalue weighted by molar-refractivity contribution is 6.29. The molecule has 1 amide bonds. The molecule has 2 aromatic rings. The Balaban J connectivity index is 2.14. The first-order valence-electron chi connectivity index (χ1n) is 5.12. The topological polar surface area (TPSA) is 65.8 Å².